The van der Waals surface area contributed by atoms with E-state index in [4.69, 9.17) is 9.57 Å². The fourth-order valence-corrected chi connectivity index (χ4v) is 2.00. The van der Waals surface area contributed by atoms with E-state index >= 15 is 0 Å². The third kappa shape index (κ3) is 1.66. The van der Waals surface area contributed by atoms with Gasteiger partial charge in [-0.15, -0.1) is 0 Å². The lowest BCUT2D eigenvalue weighted by atomic mass is 10.1. The zero-order valence-corrected chi connectivity index (χ0v) is 9.27. The van der Waals surface area contributed by atoms with Crippen LogP contribution in [0.1, 0.15) is 11.1 Å². The molecule has 16 heavy (non-hydrogen) atoms. The second-order valence-corrected chi connectivity index (χ2v) is 3.60. The van der Waals surface area contributed by atoms with Crippen LogP contribution >= 0.6 is 0 Å². The minimum absolute atomic E-state index is 0.271. The molecule has 1 aliphatic rings. The standard InChI is InChI=1S/C12H13NO3/c1-15-12(14)10-7-8-5-3-4-6-9(8)11(10)13-16-2/h3-6,10H,7H2,1-2H3/b13-11-. The lowest BCUT2D eigenvalue weighted by molar-refractivity contribution is -0.142. The van der Waals surface area contributed by atoms with Crippen LogP contribution in [0.3, 0.4) is 0 Å². The molecule has 1 aromatic carbocycles. The predicted octanol–water partition coefficient (Wildman–Crippen LogP) is 1.38. The number of ether oxygens (including phenoxy) is 1. The van der Waals surface area contributed by atoms with Crippen molar-refractivity contribution in [1.29, 1.82) is 0 Å². The van der Waals surface area contributed by atoms with Crippen molar-refractivity contribution in [3.05, 3.63) is 35.4 Å². The van der Waals surface area contributed by atoms with Gasteiger partial charge >= 0.3 is 5.97 Å². The zero-order chi connectivity index (χ0) is 11.5. The van der Waals surface area contributed by atoms with E-state index in [-0.39, 0.29) is 11.9 Å². The summed E-state index contributed by atoms with van der Waals surface area (Å²) in [5.41, 5.74) is 2.73. The van der Waals surface area contributed by atoms with Crippen LogP contribution in [-0.2, 0) is 20.8 Å². The minimum atomic E-state index is -0.345. The molecule has 1 aliphatic carbocycles. The Morgan fingerprint density at radius 1 is 1.38 bits per heavy atom. The first kappa shape index (κ1) is 10.7. The van der Waals surface area contributed by atoms with E-state index in [1.807, 2.05) is 24.3 Å². The molecule has 4 nitrogen and oxygen atoms in total. The molecular weight excluding hydrogens is 206 g/mol. The number of oxime groups is 1. The Labute approximate surface area is 93.9 Å². The second-order valence-electron chi connectivity index (χ2n) is 3.60. The Morgan fingerprint density at radius 3 is 2.81 bits per heavy atom. The van der Waals surface area contributed by atoms with Gasteiger partial charge < -0.3 is 9.57 Å². The fraction of sp³-hybridized carbons (Fsp3) is 0.333. The largest absolute Gasteiger partial charge is 0.468 e. The molecule has 0 amide bonds. The lowest BCUT2D eigenvalue weighted by Crippen LogP contribution is -2.22. The number of hydrogen-bond acceptors (Lipinski definition) is 4. The molecule has 0 saturated heterocycles. The first-order valence-electron chi connectivity index (χ1n) is 5.05. The van der Waals surface area contributed by atoms with Crippen molar-refractivity contribution in [1.82, 2.24) is 0 Å². The molecule has 2 rings (SSSR count). The smallest absolute Gasteiger partial charge is 0.315 e. The van der Waals surface area contributed by atoms with Crippen LogP contribution in [0.15, 0.2) is 29.4 Å². The van der Waals surface area contributed by atoms with Gasteiger partial charge in [-0.05, 0) is 12.0 Å². The average molecular weight is 219 g/mol. The number of nitrogens with zero attached hydrogens (tertiary/aromatic N) is 1. The van der Waals surface area contributed by atoms with Crippen molar-refractivity contribution in [3.8, 4) is 0 Å². The van der Waals surface area contributed by atoms with E-state index in [1.54, 1.807) is 0 Å². The van der Waals surface area contributed by atoms with Crippen LogP contribution in [0.25, 0.3) is 0 Å². The first-order chi connectivity index (χ1) is 7.77. The lowest BCUT2D eigenvalue weighted by Gasteiger charge is -2.07. The summed E-state index contributed by atoms with van der Waals surface area (Å²) < 4.78 is 4.77. The number of carbonyl (C=O) groups is 1. The van der Waals surface area contributed by atoms with Crippen molar-refractivity contribution >= 4 is 11.7 Å². The molecule has 0 heterocycles. The Morgan fingerprint density at radius 2 is 2.12 bits per heavy atom. The van der Waals surface area contributed by atoms with E-state index in [0.717, 1.165) is 11.1 Å². The molecule has 1 atom stereocenters. The summed E-state index contributed by atoms with van der Waals surface area (Å²) >= 11 is 0. The summed E-state index contributed by atoms with van der Waals surface area (Å²) in [7, 11) is 2.86. The quantitative estimate of drug-likeness (QED) is 0.557. The number of benzene rings is 1. The summed E-state index contributed by atoms with van der Waals surface area (Å²) in [4.78, 5) is 16.4. The van der Waals surface area contributed by atoms with E-state index in [1.165, 1.54) is 14.2 Å². The van der Waals surface area contributed by atoms with E-state index in [0.29, 0.717) is 12.1 Å². The maximum Gasteiger partial charge on any atom is 0.315 e. The van der Waals surface area contributed by atoms with Crippen LogP contribution in [0.5, 0.6) is 0 Å². The molecule has 0 bridgehead atoms. The Balaban J connectivity index is 2.41. The molecule has 0 saturated carbocycles. The van der Waals surface area contributed by atoms with Crippen molar-refractivity contribution in [2.24, 2.45) is 11.1 Å². The highest BCUT2D eigenvalue weighted by atomic mass is 16.6. The number of esters is 1. The molecule has 0 spiro atoms. The van der Waals surface area contributed by atoms with Gasteiger partial charge in [0.25, 0.3) is 0 Å². The summed E-state index contributed by atoms with van der Waals surface area (Å²) in [5, 5.41) is 3.93. The summed E-state index contributed by atoms with van der Waals surface area (Å²) in [5.74, 6) is -0.616. The van der Waals surface area contributed by atoms with Gasteiger partial charge in [0.15, 0.2) is 0 Å². The van der Waals surface area contributed by atoms with Gasteiger partial charge in [-0.2, -0.15) is 0 Å². The van der Waals surface area contributed by atoms with Crippen molar-refractivity contribution in [2.45, 2.75) is 6.42 Å². The zero-order valence-electron chi connectivity index (χ0n) is 9.27. The maximum atomic E-state index is 11.6. The summed E-state index contributed by atoms with van der Waals surface area (Å²) in [6.45, 7) is 0. The highest BCUT2D eigenvalue weighted by Gasteiger charge is 2.35. The summed E-state index contributed by atoms with van der Waals surface area (Å²) in [6, 6.07) is 7.80. The number of fused-ring (bicyclic) bond motifs is 1. The Hall–Kier alpha value is -1.84. The minimum Gasteiger partial charge on any atom is -0.468 e. The molecule has 84 valence electrons. The van der Waals surface area contributed by atoms with Gasteiger partial charge in [0.1, 0.15) is 18.7 Å². The predicted molar refractivity (Wildman–Crippen MR) is 59.2 cm³/mol. The van der Waals surface area contributed by atoms with Crippen LogP contribution in [0, 0.1) is 5.92 Å². The topological polar surface area (TPSA) is 47.9 Å². The highest BCUT2D eigenvalue weighted by molar-refractivity contribution is 6.15. The van der Waals surface area contributed by atoms with Crippen molar-refractivity contribution in [3.63, 3.8) is 0 Å². The number of carbonyl (C=O) groups excluding carboxylic acids is 1. The molecule has 4 heteroatoms. The number of rotatable bonds is 2. The molecule has 0 aliphatic heterocycles. The van der Waals surface area contributed by atoms with E-state index < -0.39 is 0 Å². The van der Waals surface area contributed by atoms with Gasteiger partial charge in [-0.1, -0.05) is 29.4 Å². The van der Waals surface area contributed by atoms with Gasteiger partial charge in [0.05, 0.1) is 7.11 Å². The van der Waals surface area contributed by atoms with Crippen molar-refractivity contribution in [2.75, 3.05) is 14.2 Å². The van der Waals surface area contributed by atoms with Crippen molar-refractivity contribution < 1.29 is 14.4 Å². The normalized spacial score (nSPS) is 20.6. The molecule has 0 fully saturated rings. The second kappa shape index (κ2) is 4.35. The molecule has 0 N–H and O–H groups in total. The maximum absolute atomic E-state index is 11.6. The monoisotopic (exact) mass is 219 g/mol. The molecule has 0 radical (unpaired) electrons. The fourth-order valence-electron chi connectivity index (χ4n) is 2.00. The van der Waals surface area contributed by atoms with Crippen LogP contribution < -0.4 is 0 Å². The van der Waals surface area contributed by atoms with Gasteiger partial charge in [-0.25, -0.2) is 0 Å². The van der Waals surface area contributed by atoms with Crippen LogP contribution in [0.2, 0.25) is 0 Å². The molecule has 1 unspecified atom stereocenters. The van der Waals surface area contributed by atoms with Gasteiger partial charge in [0, 0.05) is 5.56 Å². The molecule has 0 aromatic heterocycles. The number of hydrogen-bond donors (Lipinski definition) is 0. The Kier molecular flexibility index (Phi) is 2.90. The van der Waals surface area contributed by atoms with Crippen LogP contribution in [-0.4, -0.2) is 25.9 Å². The average Bonchev–Trinajstić information content (AvgIpc) is 2.68. The summed E-state index contributed by atoms with van der Waals surface area (Å²) in [6.07, 6.45) is 0.630. The first-order valence-corrected chi connectivity index (χ1v) is 5.05. The molecule has 1 aromatic rings. The molecular formula is C12H13NO3. The third-order valence-corrected chi connectivity index (χ3v) is 2.72. The van der Waals surface area contributed by atoms with E-state index in [9.17, 15) is 4.79 Å². The van der Waals surface area contributed by atoms with Gasteiger partial charge in [0.2, 0.25) is 0 Å². The Bertz CT molecular complexity index is 440. The third-order valence-electron chi connectivity index (χ3n) is 2.72. The van der Waals surface area contributed by atoms with E-state index in [2.05, 4.69) is 5.16 Å². The SMILES string of the molecule is CO/N=C1/c2ccccc2CC1C(=O)OC. The highest BCUT2D eigenvalue weighted by Crippen LogP contribution is 2.28. The number of methoxy groups -OCH3 is 1. The van der Waals surface area contributed by atoms with Crippen LogP contribution in [0.4, 0.5) is 0 Å². The van der Waals surface area contributed by atoms with Gasteiger partial charge in [-0.3, -0.25) is 4.79 Å².